The van der Waals surface area contributed by atoms with Gasteiger partial charge in [-0.05, 0) is 36.3 Å². The van der Waals surface area contributed by atoms with Gasteiger partial charge in [-0.1, -0.05) is 12.1 Å². The summed E-state index contributed by atoms with van der Waals surface area (Å²) in [5, 5.41) is 6.53. The van der Waals surface area contributed by atoms with E-state index < -0.39 is 23.2 Å². The summed E-state index contributed by atoms with van der Waals surface area (Å²) in [6, 6.07) is 8.06. The van der Waals surface area contributed by atoms with Crippen LogP contribution in [0.15, 0.2) is 47.4 Å². The number of rotatable bonds is 4. The van der Waals surface area contributed by atoms with E-state index >= 15 is 4.39 Å². The smallest absolute Gasteiger partial charge is 0.274 e. The average Bonchev–Trinajstić information content (AvgIpc) is 3.32. The van der Waals surface area contributed by atoms with E-state index in [-0.39, 0.29) is 11.2 Å². The molecule has 1 amide bonds. The summed E-state index contributed by atoms with van der Waals surface area (Å²) in [7, 11) is 1.46. The number of aromatic nitrogens is 4. The third kappa shape index (κ3) is 3.68. The van der Waals surface area contributed by atoms with Gasteiger partial charge in [-0.25, -0.2) is 13.9 Å². The summed E-state index contributed by atoms with van der Waals surface area (Å²) in [6.07, 6.45) is 3.94. The fourth-order valence-corrected chi connectivity index (χ4v) is 4.14. The van der Waals surface area contributed by atoms with Gasteiger partial charge in [0.1, 0.15) is 16.7 Å². The van der Waals surface area contributed by atoms with Gasteiger partial charge in [0, 0.05) is 37.8 Å². The molecule has 33 heavy (non-hydrogen) atoms. The first kappa shape index (κ1) is 21.0. The highest BCUT2D eigenvalue weighted by Gasteiger charge is 2.20. The van der Waals surface area contributed by atoms with Crippen LogP contribution in [0.5, 0.6) is 0 Å². The number of benzene rings is 1. The Morgan fingerprint density at radius 1 is 1.18 bits per heavy atom. The summed E-state index contributed by atoms with van der Waals surface area (Å²) in [4.78, 5) is 32.3. The monoisotopic (exact) mass is 450 g/mol. The zero-order valence-corrected chi connectivity index (χ0v) is 17.7. The van der Waals surface area contributed by atoms with Gasteiger partial charge >= 0.3 is 0 Å². The Balaban J connectivity index is 1.37. The number of halogens is 2. The quantitative estimate of drug-likeness (QED) is 0.466. The zero-order valence-electron chi connectivity index (χ0n) is 17.7. The fourth-order valence-electron chi connectivity index (χ4n) is 4.14. The van der Waals surface area contributed by atoms with Crippen LogP contribution in [0.1, 0.15) is 28.0 Å². The van der Waals surface area contributed by atoms with Gasteiger partial charge in [0.25, 0.3) is 11.5 Å². The maximum absolute atomic E-state index is 15.2. The van der Waals surface area contributed by atoms with Crippen molar-refractivity contribution >= 4 is 28.0 Å². The number of pyridine rings is 1. The van der Waals surface area contributed by atoms with Crippen LogP contribution >= 0.6 is 0 Å². The Hall–Kier alpha value is -3.92. The number of carbonyl (C=O) groups excluding carboxylic acids is 1. The molecule has 10 heteroatoms. The van der Waals surface area contributed by atoms with Gasteiger partial charge in [0.05, 0.1) is 11.7 Å². The number of amides is 1. The van der Waals surface area contributed by atoms with Gasteiger partial charge in [-0.3, -0.25) is 14.5 Å². The lowest BCUT2D eigenvalue weighted by Gasteiger charge is -2.26. The molecule has 2 N–H and O–H groups in total. The van der Waals surface area contributed by atoms with E-state index in [9.17, 15) is 14.0 Å². The molecule has 4 heterocycles. The van der Waals surface area contributed by atoms with E-state index in [1.54, 1.807) is 24.3 Å². The van der Waals surface area contributed by atoms with Crippen molar-refractivity contribution in [1.29, 1.82) is 0 Å². The molecule has 0 saturated carbocycles. The Morgan fingerprint density at radius 3 is 2.76 bits per heavy atom. The van der Waals surface area contributed by atoms with E-state index in [0.717, 1.165) is 5.57 Å². The minimum Gasteiger partial charge on any atom is -0.354 e. The van der Waals surface area contributed by atoms with Crippen LogP contribution in [0.4, 0.5) is 8.78 Å². The molecule has 1 aliphatic rings. The SMILES string of the molecule is CNC(=O)c1ccc(C2=CCN(Cc3ccc4c([nH]c(=O)c5ccnn54)c3F)CC2)c(F)n1. The highest BCUT2D eigenvalue weighted by atomic mass is 19.1. The van der Waals surface area contributed by atoms with E-state index in [4.69, 9.17) is 0 Å². The standard InChI is InChI=1S/C23H20F2N6O2/c1-26-22(32)16-4-3-15(21(25)28-16)13-7-10-30(11-8-13)12-14-2-5-17-20(19(14)24)29-23(33)18-6-9-27-31(17)18/h2-7,9H,8,10-12H2,1H3,(H,26,32)(H,29,33). The molecule has 0 aliphatic carbocycles. The summed E-state index contributed by atoms with van der Waals surface area (Å²) in [5.41, 5.74) is 2.18. The van der Waals surface area contributed by atoms with Gasteiger partial charge < -0.3 is 10.3 Å². The topological polar surface area (TPSA) is 95.4 Å². The lowest BCUT2D eigenvalue weighted by atomic mass is 10.00. The predicted molar refractivity (Wildman–Crippen MR) is 119 cm³/mol. The van der Waals surface area contributed by atoms with Gasteiger partial charge in [0.15, 0.2) is 5.82 Å². The van der Waals surface area contributed by atoms with Crippen LogP contribution < -0.4 is 10.9 Å². The van der Waals surface area contributed by atoms with Crippen molar-refractivity contribution in [2.75, 3.05) is 20.1 Å². The second-order valence-corrected chi connectivity index (χ2v) is 7.84. The fraction of sp³-hybridized carbons (Fsp3) is 0.217. The van der Waals surface area contributed by atoms with Gasteiger partial charge in [-0.2, -0.15) is 9.49 Å². The molecular formula is C23H20F2N6O2. The first-order valence-electron chi connectivity index (χ1n) is 10.4. The molecule has 1 aliphatic heterocycles. The Bertz CT molecular complexity index is 1490. The minimum absolute atomic E-state index is 0.0222. The summed E-state index contributed by atoms with van der Waals surface area (Å²) < 4.78 is 31.1. The van der Waals surface area contributed by atoms with Crippen molar-refractivity contribution < 1.29 is 13.6 Å². The number of carbonyl (C=O) groups is 1. The molecular weight excluding hydrogens is 430 g/mol. The lowest BCUT2D eigenvalue weighted by molar-refractivity contribution is 0.0957. The third-order valence-corrected chi connectivity index (χ3v) is 5.88. The molecule has 1 aromatic carbocycles. The van der Waals surface area contributed by atoms with E-state index in [0.29, 0.717) is 48.2 Å². The number of nitrogens with one attached hydrogen (secondary N) is 2. The van der Waals surface area contributed by atoms with Crippen molar-refractivity contribution in [3.05, 3.63) is 81.5 Å². The number of H-pyrrole nitrogens is 1. The third-order valence-electron chi connectivity index (χ3n) is 5.88. The molecule has 5 rings (SSSR count). The molecule has 8 nitrogen and oxygen atoms in total. The number of hydrogen-bond donors (Lipinski definition) is 2. The second kappa shape index (κ2) is 8.21. The van der Waals surface area contributed by atoms with Crippen molar-refractivity contribution in [2.24, 2.45) is 0 Å². The second-order valence-electron chi connectivity index (χ2n) is 7.84. The minimum atomic E-state index is -0.690. The molecule has 0 fully saturated rings. The summed E-state index contributed by atoms with van der Waals surface area (Å²) in [6.45, 7) is 1.42. The Labute approximate surface area is 186 Å². The molecule has 168 valence electrons. The molecule has 3 aromatic heterocycles. The van der Waals surface area contributed by atoms with E-state index in [1.807, 2.05) is 11.0 Å². The summed E-state index contributed by atoms with van der Waals surface area (Å²) in [5.74, 6) is -1.63. The zero-order chi connectivity index (χ0) is 23.1. The lowest BCUT2D eigenvalue weighted by Crippen LogP contribution is -2.29. The molecule has 0 bridgehead atoms. The van der Waals surface area contributed by atoms with Crippen LogP contribution in [-0.2, 0) is 6.54 Å². The largest absolute Gasteiger partial charge is 0.354 e. The first-order chi connectivity index (χ1) is 16.0. The van der Waals surface area contributed by atoms with Crippen LogP contribution in [0.2, 0.25) is 0 Å². The first-order valence-corrected chi connectivity index (χ1v) is 10.4. The number of nitrogens with zero attached hydrogens (tertiary/aromatic N) is 4. The van der Waals surface area contributed by atoms with Crippen LogP contribution in [0.3, 0.4) is 0 Å². The van der Waals surface area contributed by atoms with Crippen molar-refractivity contribution in [2.45, 2.75) is 13.0 Å². The normalized spacial score (nSPS) is 14.6. The van der Waals surface area contributed by atoms with Crippen LogP contribution in [0, 0.1) is 11.8 Å². The number of fused-ring (bicyclic) bond motifs is 3. The van der Waals surface area contributed by atoms with Crippen LogP contribution in [-0.4, -0.2) is 50.5 Å². The van der Waals surface area contributed by atoms with Gasteiger partial charge in [-0.15, -0.1) is 0 Å². The molecule has 0 atom stereocenters. The van der Waals surface area contributed by atoms with Crippen LogP contribution in [0.25, 0.3) is 22.1 Å². The maximum Gasteiger partial charge on any atom is 0.274 e. The molecule has 0 radical (unpaired) electrons. The number of hydrogen-bond acceptors (Lipinski definition) is 5. The van der Waals surface area contributed by atoms with Crippen molar-refractivity contribution in [3.63, 3.8) is 0 Å². The molecule has 4 aromatic rings. The molecule has 0 unspecified atom stereocenters. The van der Waals surface area contributed by atoms with Crippen molar-refractivity contribution in [1.82, 2.24) is 29.8 Å². The van der Waals surface area contributed by atoms with Crippen molar-refractivity contribution in [3.8, 4) is 0 Å². The maximum atomic E-state index is 15.2. The van der Waals surface area contributed by atoms with E-state index in [2.05, 4.69) is 20.4 Å². The molecule has 0 saturated heterocycles. The van der Waals surface area contributed by atoms with Gasteiger partial charge in [0.2, 0.25) is 5.95 Å². The highest BCUT2D eigenvalue weighted by Crippen LogP contribution is 2.26. The average molecular weight is 450 g/mol. The number of aromatic amines is 1. The molecule has 0 spiro atoms. The van der Waals surface area contributed by atoms with E-state index in [1.165, 1.54) is 23.8 Å². The Kier molecular flexibility index (Phi) is 5.21. The summed E-state index contributed by atoms with van der Waals surface area (Å²) >= 11 is 0. The highest BCUT2D eigenvalue weighted by molar-refractivity contribution is 5.92. The Morgan fingerprint density at radius 2 is 2.03 bits per heavy atom. The predicted octanol–water partition coefficient (Wildman–Crippen LogP) is 2.50.